The molecule has 0 saturated heterocycles. The van der Waals surface area contributed by atoms with Crippen molar-refractivity contribution in [3.8, 4) is 0 Å². The summed E-state index contributed by atoms with van der Waals surface area (Å²) in [6, 6.07) is -0.706. The van der Waals surface area contributed by atoms with Gasteiger partial charge in [0.15, 0.2) is 0 Å². The number of carbonyl (C=O) groups excluding carboxylic acids is 2. The van der Waals surface area contributed by atoms with Gasteiger partial charge in [-0.15, -0.1) is 0 Å². The van der Waals surface area contributed by atoms with E-state index in [2.05, 4.69) is 21.2 Å². The third kappa shape index (κ3) is 7.20. The molecule has 0 saturated carbocycles. The van der Waals surface area contributed by atoms with E-state index < -0.39 is 23.7 Å². The number of ether oxygens (including phenoxy) is 2. The standard InChI is InChI=1S/C11H20BrNO4/c1-7(2)8(9(14)16-6-12)13-10(15)17-11(3,4)5/h7-8H,6H2,1-5H3,(H,13,15)/t8-/m0/s1. The highest BCUT2D eigenvalue weighted by atomic mass is 79.9. The van der Waals surface area contributed by atoms with Crippen LogP contribution >= 0.6 is 15.9 Å². The molecule has 6 heteroatoms. The number of esters is 1. The summed E-state index contributed by atoms with van der Waals surface area (Å²) in [6.45, 7) is 8.91. The number of hydrogen-bond donors (Lipinski definition) is 1. The fourth-order valence-electron chi connectivity index (χ4n) is 1.08. The number of nitrogens with one attached hydrogen (secondary N) is 1. The average Bonchev–Trinajstić information content (AvgIpc) is 2.11. The lowest BCUT2D eigenvalue weighted by atomic mass is 10.1. The van der Waals surface area contributed by atoms with Crippen molar-refractivity contribution in [2.24, 2.45) is 5.92 Å². The lowest BCUT2D eigenvalue weighted by molar-refractivity contribution is -0.144. The molecule has 0 bridgehead atoms. The minimum Gasteiger partial charge on any atom is -0.453 e. The monoisotopic (exact) mass is 309 g/mol. The highest BCUT2D eigenvalue weighted by Crippen LogP contribution is 2.09. The molecule has 0 aromatic rings. The molecule has 1 atom stereocenters. The number of rotatable bonds is 4. The lowest BCUT2D eigenvalue weighted by Crippen LogP contribution is -2.47. The lowest BCUT2D eigenvalue weighted by Gasteiger charge is -2.24. The van der Waals surface area contributed by atoms with Crippen molar-refractivity contribution in [1.29, 1.82) is 0 Å². The average molecular weight is 310 g/mol. The molecule has 0 spiro atoms. The molecule has 1 amide bonds. The molecular weight excluding hydrogens is 290 g/mol. The topological polar surface area (TPSA) is 64.6 Å². The van der Waals surface area contributed by atoms with Crippen LogP contribution in [0.15, 0.2) is 0 Å². The molecule has 0 aliphatic rings. The number of alkyl carbamates (subject to hydrolysis) is 1. The smallest absolute Gasteiger partial charge is 0.408 e. The first-order valence-electron chi connectivity index (χ1n) is 5.39. The number of alkyl halides is 1. The second-order valence-corrected chi connectivity index (χ2v) is 5.40. The maximum atomic E-state index is 11.6. The van der Waals surface area contributed by atoms with Crippen molar-refractivity contribution in [2.45, 2.75) is 46.3 Å². The van der Waals surface area contributed by atoms with E-state index in [4.69, 9.17) is 9.47 Å². The quantitative estimate of drug-likeness (QED) is 0.640. The van der Waals surface area contributed by atoms with Crippen LogP contribution in [0.3, 0.4) is 0 Å². The van der Waals surface area contributed by atoms with Crippen molar-refractivity contribution in [3.63, 3.8) is 0 Å². The van der Waals surface area contributed by atoms with Crippen LogP contribution in [0.2, 0.25) is 0 Å². The van der Waals surface area contributed by atoms with Crippen LogP contribution in [0.25, 0.3) is 0 Å². The van der Waals surface area contributed by atoms with Crippen LogP contribution in [0.1, 0.15) is 34.6 Å². The van der Waals surface area contributed by atoms with Crippen LogP contribution in [0.5, 0.6) is 0 Å². The van der Waals surface area contributed by atoms with E-state index in [1.807, 2.05) is 13.8 Å². The molecule has 0 aromatic heterocycles. The Morgan fingerprint density at radius 2 is 1.82 bits per heavy atom. The Bertz CT molecular complexity index is 273. The van der Waals surface area contributed by atoms with Gasteiger partial charge in [-0.25, -0.2) is 9.59 Å². The normalized spacial score (nSPS) is 13.1. The van der Waals surface area contributed by atoms with Crippen molar-refractivity contribution in [2.75, 3.05) is 5.52 Å². The first-order chi connectivity index (χ1) is 7.67. The molecule has 0 unspecified atom stereocenters. The highest BCUT2D eigenvalue weighted by molar-refractivity contribution is 9.09. The predicted octanol–water partition coefficient (Wildman–Crippen LogP) is 2.43. The van der Waals surface area contributed by atoms with E-state index in [-0.39, 0.29) is 11.4 Å². The van der Waals surface area contributed by atoms with E-state index in [0.29, 0.717) is 0 Å². The number of halogens is 1. The van der Waals surface area contributed by atoms with Crippen LogP contribution in [-0.4, -0.2) is 29.2 Å². The van der Waals surface area contributed by atoms with E-state index in [1.54, 1.807) is 20.8 Å². The maximum Gasteiger partial charge on any atom is 0.408 e. The summed E-state index contributed by atoms with van der Waals surface area (Å²) in [4.78, 5) is 23.1. The van der Waals surface area contributed by atoms with Gasteiger partial charge < -0.3 is 14.8 Å². The van der Waals surface area contributed by atoms with Crippen molar-refractivity contribution >= 4 is 28.0 Å². The number of amides is 1. The summed E-state index contributed by atoms with van der Waals surface area (Å²) in [5, 5.41) is 2.50. The number of carbonyl (C=O) groups is 2. The van der Waals surface area contributed by atoms with Gasteiger partial charge in [-0.1, -0.05) is 13.8 Å². The zero-order valence-corrected chi connectivity index (χ0v) is 12.5. The molecule has 0 fully saturated rings. The van der Waals surface area contributed by atoms with Crippen LogP contribution in [-0.2, 0) is 14.3 Å². The summed E-state index contributed by atoms with van der Waals surface area (Å²) in [7, 11) is 0. The van der Waals surface area contributed by atoms with Gasteiger partial charge in [0.1, 0.15) is 17.2 Å². The zero-order valence-electron chi connectivity index (χ0n) is 10.9. The molecule has 0 rings (SSSR count). The summed E-state index contributed by atoms with van der Waals surface area (Å²) in [6.07, 6.45) is -0.622. The Labute approximate surface area is 110 Å². The van der Waals surface area contributed by atoms with Crippen LogP contribution < -0.4 is 5.32 Å². The van der Waals surface area contributed by atoms with Crippen molar-refractivity contribution < 1.29 is 19.1 Å². The Kier molecular flexibility index (Phi) is 6.52. The number of hydrogen-bond acceptors (Lipinski definition) is 4. The summed E-state index contributed by atoms with van der Waals surface area (Å²) < 4.78 is 9.88. The van der Waals surface area contributed by atoms with Crippen LogP contribution in [0, 0.1) is 5.92 Å². The van der Waals surface area contributed by atoms with Gasteiger partial charge in [0.05, 0.1) is 0 Å². The molecule has 0 heterocycles. The second kappa shape index (κ2) is 6.83. The molecular formula is C11H20BrNO4. The molecule has 1 N–H and O–H groups in total. The van der Waals surface area contributed by atoms with E-state index >= 15 is 0 Å². The third-order valence-electron chi connectivity index (χ3n) is 1.79. The minimum atomic E-state index is -0.706. The second-order valence-electron chi connectivity index (χ2n) is 4.94. The van der Waals surface area contributed by atoms with Crippen LogP contribution in [0.4, 0.5) is 4.79 Å². The fraction of sp³-hybridized carbons (Fsp3) is 0.818. The zero-order chi connectivity index (χ0) is 13.6. The van der Waals surface area contributed by atoms with Crippen molar-refractivity contribution in [1.82, 2.24) is 5.32 Å². The Balaban J connectivity index is 4.46. The van der Waals surface area contributed by atoms with Gasteiger partial charge >= 0.3 is 12.1 Å². The Hall–Kier alpha value is -0.780. The highest BCUT2D eigenvalue weighted by Gasteiger charge is 2.27. The molecule has 0 radical (unpaired) electrons. The predicted molar refractivity (Wildman–Crippen MR) is 67.9 cm³/mol. The molecule has 100 valence electrons. The van der Waals surface area contributed by atoms with Gasteiger partial charge in [0.25, 0.3) is 0 Å². The van der Waals surface area contributed by atoms with Gasteiger partial charge in [0, 0.05) is 0 Å². The molecule has 0 aliphatic carbocycles. The van der Waals surface area contributed by atoms with Gasteiger partial charge in [-0.2, -0.15) is 0 Å². The van der Waals surface area contributed by atoms with Gasteiger partial charge in [-0.3, -0.25) is 0 Å². The van der Waals surface area contributed by atoms with Gasteiger partial charge in [0.2, 0.25) is 0 Å². The summed E-state index contributed by atoms with van der Waals surface area (Å²) in [5.41, 5.74) is -0.490. The van der Waals surface area contributed by atoms with E-state index in [0.717, 1.165) is 0 Å². The largest absolute Gasteiger partial charge is 0.453 e. The summed E-state index contributed by atoms with van der Waals surface area (Å²) >= 11 is 3.00. The Morgan fingerprint density at radius 3 is 2.18 bits per heavy atom. The minimum absolute atomic E-state index is 0.0749. The first-order valence-corrected chi connectivity index (χ1v) is 6.51. The third-order valence-corrected chi connectivity index (χ3v) is 2.02. The molecule has 5 nitrogen and oxygen atoms in total. The molecule has 17 heavy (non-hydrogen) atoms. The molecule has 0 aliphatic heterocycles. The van der Waals surface area contributed by atoms with Crippen molar-refractivity contribution in [3.05, 3.63) is 0 Å². The fourth-order valence-corrected chi connectivity index (χ4v) is 1.30. The SMILES string of the molecule is CC(C)[C@H](NC(=O)OC(C)(C)C)C(=O)OCBr. The molecule has 0 aromatic carbocycles. The Morgan fingerprint density at radius 1 is 1.29 bits per heavy atom. The van der Waals surface area contributed by atoms with E-state index in [1.165, 1.54) is 0 Å². The summed E-state index contributed by atoms with van der Waals surface area (Å²) in [5.74, 6) is -0.559. The van der Waals surface area contributed by atoms with Gasteiger partial charge in [-0.05, 0) is 42.6 Å². The van der Waals surface area contributed by atoms with E-state index in [9.17, 15) is 9.59 Å². The first kappa shape index (κ1) is 16.2. The maximum absolute atomic E-state index is 11.6.